The second kappa shape index (κ2) is 6.13. The zero-order valence-electron chi connectivity index (χ0n) is 9.85. The Hall–Kier alpha value is -2.17. The summed E-state index contributed by atoms with van der Waals surface area (Å²) in [5.74, 6) is -0.0460. The highest BCUT2D eigenvalue weighted by Gasteiger charge is 2.09. The maximum absolute atomic E-state index is 12.9. The lowest BCUT2D eigenvalue weighted by atomic mass is 10.2. The summed E-state index contributed by atoms with van der Waals surface area (Å²) in [7, 11) is 0. The molecule has 0 spiro atoms. The molecule has 0 bridgehead atoms. The molecule has 0 aromatic heterocycles. The predicted molar refractivity (Wildman–Crippen MR) is 63.8 cm³/mol. The first-order chi connectivity index (χ1) is 9.15. The predicted octanol–water partition coefficient (Wildman–Crippen LogP) is 4.01. The van der Waals surface area contributed by atoms with Gasteiger partial charge >= 0.3 is 6.61 Å². The first-order valence-corrected chi connectivity index (χ1v) is 5.56. The fourth-order valence-electron chi connectivity index (χ4n) is 1.55. The van der Waals surface area contributed by atoms with Crippen LogP contribution in [0.25, 0.3) is 0 Å². The Morgan fingerprint density at radius 2 is 1.79 bits per heavy atom. The maximum Gasteiger partial charge on any atom is 0.387 e. The van der Waals surface area contributed by atoms with Crippen molar-refractivity contribution in [2.45, 2.75) is 13.2 Å². The zero-order valence-corrected chi connectivity index (χ0v) is 9.85. The normalized spacial score (nSPS) is 10.5. The third-order valence-electron chi connectivity index (χ3n) is 2.38. The van der Waals surface area contributed by atoms with Gasteiger partial charge in [0.25, 0.3) is 0 Å². The minimum Gasteiger partial charge on any atom is -0.489 e. The van der Waals surface area contributed by atoms with Gasteiger partial charge in [-0.05, 0) is 18.2 Å². The summed E-state index contributed by atoms with van der Waals surface area (Å²) >= 11 is 0. The van der Waals surface area contributed by atoms with Gasteiger partial charge in [0.05, 0.1) is 0 Å². The maximum atomic E-state index is 12.9. The molecule has 0 N–H and O–H groups in total. The van der Waals surface area contributed by atoms with Gasteiger partial charge in [-0.3, -0.25) is 0 Å². The van der Waals surface area contributed by atoms with Crippen molar-refractivity contribution in [1.82, 2.24) is 0 Å². The molecule has 0 saturated carbocycles. The van der Waals surface area contributed by atoms with Crippen LogP contribution in [0.1, 0.15) is 5.56 Å². The van der Waals surface area contributed by atoms with Crippen LogP contribution in [0.2, 0.25) is 0 Å². The second-order valence-electron chi connectivity index (χ2n) is 3.73. The van der Waals surface area contributed by atoms with E-state index in [1.54, 1.807) is 24.3 Å². The number of benzene rings is 2. The van der Waals surface area contributed by atoms with Crippen molar-refractivity contribution in [3.8, 4) is 11.5 Å². The van der Waals surface area contributed by atoms with E-state index in [4.69, 9.17) is 4.74 Å². The Kier molecular flexibility index (Phi) is 4.28. The fourth-order valence-corrected chi connectivity index (χ4v) is 1.55. The van der Waals surface area contributed by atoms with E-state index < -0.39 is 12.4 Å². The van der Waals surface area contributed by atoms with Gasteiger partial charge < -0.3 is 9.47 Å². The van der Waals surface area contributed by atoms with Crippen molar-refractivity contribution < 1.29 is 22.6 Å². The third-order valence-corrected chi connectivity index (χ3v) is 2.38. The van der Waals surface area contributed by atoms with E-state index in [1.807, 2.05) is 0 Å². The van der Waals surface area contributed by atoms with Gasteiger partial charge in [0.1, 0.15) is 23.9 Å². The van der Waals surface area contributed by atoms with Crippen LogP contribution in [0.15, 0.2) is 48.5 Å². The minimum absolute atomic E-state index is 0.0202. The number of hydrogen-bond donors (Lipinski definition) is 0. The molecule has 2 aromatic rings. The number of ether oxygens (including phenoxy) is 2. The number of alkyl halides is 2. The largest absolute Gasteiger partial charge is 0.489 e. The van der Waals surface area contributed by atoms with Gasteiger partial charge in [-0.2, -0.15) is 8.78 Å². The monoisotopic (exact) mass is 268 g/mol. The lowest BCUT2D eigenvalue weighted by Crippen LogP contribution is -2.06. The summed E-state index contributed by atoms with van der Waals surface area (Å²) in [6.45, 7) is -2.87. The van der Waals surface area contributed by atoms with Gasteiger partial charge in [0.2, 0.25) is 0 Å². The van der Waals surface area contributed by atoms with E-state index in [2.05, 4.69) is 4.74 Å². The van der Waals surface area contributed by atoms with Crippen molar-refractivity contribution in [3.63, 3.8) is 0 Å². The number of para-hydroxylation sites is 1. The molecule has 0 aliphatic heterocycles. The molecule has 5 heteroatoms. The highest BCUT2D eigenvalue weighted by molar-refractivity contribution is 5.33. The standard InChI is InChI=1S/C14H11F3O2/c15-11-5-3-6-12(8-11)18-9-10-4-1-2-7-13(10)19-14(16)17/h1-8,14H,9H2. The minimum atomic E-state index is -2.89. The van der Waals surface area contributed by atoms with Crippen molar-refractivity contribution >= 4 is 0 Å². The van der Waals surface area contributed by atoms with Crippen LogP contribution in [0.3, 0.4) is 0 Å². The molecule has 0 amide bonds. The van der Waals surface area contributed by atoms with Crippen molar-refractivity contribution in [2.24, 2.45) is 0 Å². The van der Waals surface area contributed by atoms with Gasteiger partial charge in [0, 0.05) is 11.6 Å². The molecule has 19 heavy (non-hydrogen) atoms. The molecule has 2 rings (SSSR count). The van der Waals surface area contributed by atoms with E-state index in [0.717, 1.165) is 0 Å². The molecular weight excluding hydrogens is 257 g/mol. The molecule has 2 aromatic carbocycles. The van der Waals surface area contributed by atoms with Crippen LogP contribution in [0.4, 0.5) is 13.2 Å². The Morgan fingerprint density at radius 3 is 2.53 bits per heavy atom. The summed E-state index contributed by atoms with van der Waals surface area (Å²) < 4.78 is 47.0. The van der Waals surface area contributed by atoms with Crippen LogP contribution in [0.5, 0.6) is 11.5 Å². The van der Waals surface area contributed by atoms with E-state index in [1.165, 1.54) is 24.3 Å². The quantitative estimate of drug-likeness (QED) is 0.815. The zero-order chi connectivity index (χ0) is 13.7. The van der Waals surface area contributed by atoms with Crippen LogP contribution in [-0.2, 0) is 6.61 Å². The van der Waals surface area contributed by atoms with Crippen LogP contribution in [-0.4, -0.2) is 6.61 Å². The first kappa shape index (κ1) is 13.3. The fraction of sp³-hybridized carbons (Fsp3) is 0.143. The molecule has 0 saturated heterocycles. The van der Waals surface area contributed by atoms with Gasteiger partial charge in [0.15, 0.2) is 0 Å². The topological polar surface area (TPSA) is 18.5 Å². The third kappa shape index (κ3) is 3.91. The summed E-state index contributed by atoms with van der Waals surface area (Å²) in [5.41, 5.74) is 0.465. The molecule has 0 unspecified atom stereocenters. The Balaban J connectivity index is 2.07. The van der Waals surface area contributed by atoms with Crippen LogP contribution < -0.4 is 9.47 Å². The smallest absolute Gasteiger partial charge is 0.387 e. The van der Waals surface area contributed by atoms with Gasteiger partial charge in [-0.15, -0.1) is 0 Å². The van der Waals surface area contributed by atoms with E-state index >= 15 is 0 Å². The molecule has 0 atom stereocenters. The van der Waals surface area contributed by atoms with Crippen molar-refractivity contribution in [1.29, 1.82) is 0 Å². The highest BCUT2D eigenvalue weighted by Crippen LogP contribution is 2.22. The number of hydrogen-bond acceptors (Lipinski definition) is 2. The lowest BCUT2D eigenvalue weighted by Gasteiger charge is -2.11. The molecule has 0 aliphatic carbocycles. The summed E-state index contributed by atoms with van der Waals surface area (Å²) in [5, 5.41) is 0. The molecule has 0 fully saturated rings. The average Bonchev–Trinajstić information content (AvgIpc) is 2.37. The van der Waals surface area contributed by atoms with Gasteiger partial charge in [-0.1, -0.05) is 24.3 Å². The molecule has 0 aliphatic rings. The summed E-state index contributed by atoms with van der Waals surface area (Å²) in [4.78, 5) is 0. The number of rotatable bonds is 5. The summed E-state index contributed by atoms with van der Waals surface area (Å²) in [6.07, 6.45) is 0. The highest BCUT2D eigenvalue weighted by atomic mass is 19.3. The van der Waals surface area contributed by atoms with Crippen molar-refractivity contribution in [3.05, 3.63) is 59.9 Å². The van der Waals surface area contributed by atoms with Crippen LogP contribution in [0, 0.1) is 5.82 Å². The molecule has 0 radical (unpaired) electrons. The van der Waals surface area contributed by atoms with Crippen molar-refractivity contribution in [2.75, 3.05) is 0 Å². The van der Waals surface area contributed by atoms with Crippen LogP contribution >= 0.6 is 0 Å². The first-order valence-electron chi connectivity index (χ1n) is 5.56. The average molecular weight is 268 g/mol. The van der Waals surface area contributed by atoms with Gasteiger partial charge in [-0.25, -0.2) is 4.39 Å². The second-order valence-corrected chi connectivity index (χ2v) is 3.73. The van der Waals surface area contributed by atoms with E-state index in [-0.39, 0.29) is 12.4 Å². The Labute approximate surface area is 108 Å². The molecule has 100 valence electrons. The SMILES string of the molecule is Fc1cccc(OCc2ccccc2OC(F)F)c1. The van der Waals surface area contributed by atoms with E-state index in [9.17, 15) is 13.2 Å². The number of halogens is 3. The Morgan fingerprint density at radius 1 is 1.00 bits per heavy atom. The molecule has 2 nitrogen and oxygen atoms in total. The lowest BCUT2D eigenvalue weighted by molar-refractivity contribution is -0.0508. The summed E-state index contributed by atoms with van der Waals surface area (Å²) in [6, 6.07) is 11.9. The Bertz CT molecular complexity index is 544. The molecular formula is C14H11F3O2. The molecule has 0 heterocycles. The van der Waals surface area contributed by atoms with E-state index in [0.29, 0.717) is 11.3 Å².